The van der Waals surface area contributed by atoms with E-state index in [1.807, 2.05) is 11.5 Å². The second kappa shape index (κ2) is 11.4. The van der Waals surface area contributed by atoms with E-state index in [1.54, 1.807) is 37.3 Å². The number of hydrogen-bond acceptors (Lipinski definition) is 5. The lowest BCUT2D eigenvalue weighted by Gasteiger charge is -2.15. The number of amides is 2. The van der Waals surface area contributed by atoms with Gasteiger partial charge in [0, 0.05) is 11.6 Å². The molecule has 33 heavy (non-hydrogen) atoms. The lowest BCUT2D eigenvalue weighted by atomic mass is 10.2. The minimum absolute atomic E-state index is 0.0854. The Hall–Kier alpha value is -1.97. The molecule has 2 amide bonds. The Morgan fingerprint density at radius 1 is 1.09 bits per heavy atom. The normalized spacial score (nSPS) is 11.8. The van der Waals surface area contributed by atoms with Gasteiger partial charge in [-0.15, -0.1) is 10.2 Å². The predicted molar refractivity (Wildman–Crippen MR) is 134 cm³/mol. The minimum atomic E-state index is -0.454. The number of rotatable bonds is 8. The van der Waals surface area contributed by atoms with Gasteiger partial charge in [0.05, 0.1) is 38.1 Å². The summed E-state index contributed by atoms with van der Waals surface area (Å²) in [5.41, 5.74) is 0.742. The average molecular weight is 547 g/mol. The van der Waals surface area contributed by atoms with Gasteiger partial charge in [-0.1, -0.05) is 64.2 Å². The summed E-state index contributed by atoms with van der Waals surface area (Å²) in [5.74, 6) is 0.0101. The summed E-state index contributed by atoms with van der Waals surface area (Å²) in [6.07, 6.45) is 0. The zero-order chi connectivity index (χ0) is 24.1. The Bertz CT molecular complexity index is 1190. The molecule has 2 aromatic carbocycles. The predicted octanol–water partition coefficient (Wildman–Crippen LogP) is 6.13. The molecule has 0 aliphatic carbocycles. The van der Waals surface area contributed by atoms with Crippen molar-refractivity contribution in [3.05, 3.63) is 67.9 Å². The van der Waals surface area contributed by atoms with Gasteiger partial charge in [-0.25, -0.2) is 0 Å². The molecular weight excluding hydrogens is 528 g/mol. The number of nitrogens with zero attached hydrogens (tertiary/aromatic N) is 3. The summed E-state index contributed by atoms with van der Waals surface area (Å²) in [5, 5.41) is 15.9. The average Bonchev–Trinajstić information content (AvgIpc) is 3.18. The molecule has 0 unspecified atom stereocenters. The van der Waals surface area contributed by atoms with Gasteiger partial charge in [0.15, 0.2) is 11.0 Å². The van der Waals surface area contributed by atoms with Gasteiger partial charge in [-0.3, -0.25) is 9.59 Å². The first-order valence-corrected chi connectivity index (χ1v) is 12.3. The summed E-state index contributed by atoms with van der Waals surface area (Å²) in [6, 6.07) is 9.21. The smallest absolute Gasteiger partial charge is 0.253 e. The molecule has 1 aromatic heterocycles. The molecule has 0 aliphatic heterocycles. The van der Waals surface area contributed by atoms with Crippen molar-refractivity contribution >= 4 is 75.7 Å². The molecule has 0 saturated carbocycles. The van der Waals surface area contributed by atoms with Crippen LogP contribution in [0.15, 0.2) is 41.6 Å². The molecule has 0 aliphatic rings. The van der Waals surface area contributed by atoms with E-state index >= 15 is 0 Å². The molecule has 0 radical (unpaired) electrons. The van der Waals surface area contributed by atoms with Crippen LogP contribution >= 0.6 is 58.2 Å². The number of carbonyl (C=O) groups is 2. The molecule has 7 nitrogen and oxygen atoms in total. The van der Waals surface area contributed by atoms with Gasteiger partial charge in [-0.05, 0) is 44.2 Å². The number of benzene rings is 2. The summed E-state index contributed by atoms with van der Waals surface area (Å²) in [4.78, 5) is 25.0. The van der Waals surface area contributed by atoms with Gasteiger partial charge in [0.25, 0.3) is 5.91 Å². The quantitative estimate of drug-likeness (QED) is 0.331. The van der Waals surface area contributed by atoms with E-state index in [0.29, 0.717) is 38.8 Å². The lowest BCUT2D eigenvalue weighted by Crippen LogP contribution is -2.29. The van der Waals surface area contributed by atoms with Crippen LogP contribution in [0.4, 0.5) is 5.69 Å². The molecule has 0 spiro atoms. The van der Waals surface area contributed by atoms with Crippen LogP contribution in [0.2, 0.25) is 20.1 Å². The van der Waals surface area contributed by atoms with Crippen LogP contribution in [-0.4, -0.2) is 32.3 Å². The molecule has 2 N–H and O–H groups in total. The largest absolute Gasteiger partial charge is 0.342 e. The third kappa shape index (κ3) is 6.33. The number of anilines is 1. The highest BCUT2D eigenvalue weighted by Gasteiger charge is 2.21. The highest BCUT2D eigenvalue weighted by atomic mass is 35.5. The van der Waals surface area contributed by atoms with Crippen LogP contribution in [0.3, 0.4) is 0 Å². The maximum Gasteiger partial charge on any atom is 0.253 e. The second-order valence-corrected chi connectivity index (χ2v) is 9.41. The highest BCUT2D eigenvalue weighted by Crippen LogP contribution is 2.30. The molecule has 1 atom stereocenters. The van der Waals surface area contributed by atoms with Crippen molar-refractivity contribution in [3.63, 3.8) is 0 Å². The maximum absolute atomic E-state index is 12.6. The van der Waals surface area contributed by atoms with Crippen LogP contribution in [-0.2, 0) is 11.3 Å². The minimum Gasteiger partial charge on any atom is -0.342 e. The van der Waals surface area contributed by atoms with E-state index in [0.717, 1.165) is 0 Å². The Kier molecular flexibility index (Phi) is 8.89. The van der Waals surface area contributed by atoms with Crippen molar-refractivity contribution in [1.29, 1.82) is 0 Å². The highest BCUT2D eigenvalue weighted by molar-refractivity contribution is 7.99. The van der Waals surface area contributed by atoms with Crippen LogP contribution in [0.1, 0.15) is 36.1 Å². The van der Waals surface area contributed by atoms with Crippen LogP contribution in [0.5, 0.6) is 0 Å². The fourth-order valence-electron chi connectivity index (χ4n) is 2.95. The maximum atomic E-state index is 12.6. The standard InChI is InChI=1S/C21H19Cl4N5O2S/c1-3-30-19(11(2)26-20(32)13-8-7-12(22)9-15(13)24)28-29-21(30)33-10-17(31)27-16-6-4-5-14(23)18(16)25/h4-9,11H,3,10H2,1-2H3,(H,26,32)(H,27,31)/t11-/m0/s1. The Balaban J connectivity index is 1.65. The molecule has 1 heterocycles. The van der Waals surface area contributed by atoms with Crippen LogP contribution < -0.4 is 10.6 Å². The van der Waals surface area contributed by atoms with E-state index in [9.17, 15) is 9.59 Å². The Morgan fingerprint density at radius 3 is 2.55 bits per heavy atom. The SMILES string of the molecule is CCn1c(SCC(=O)Nc2cccc(Cl)c2Cl)nnc1[C@H](C)NC(=O)c1ccc(Cl)cc1Cl. The van der Waals surface area contributed by atoms with Crippen molar-refractivity contribution < 1.29 is 9.59 Å². The third-order valence-electron chi connectivity index (χ3n) is 4.53. The molecule has 174 valence electrons. The first-order valence-electron chi connectivity index (χ1n) is 9.77. The summed E-state index contributed by atoms with van der Waals surface area (Å²) < 4.78 is 1.83. The van der Waals surface area contributed by atoms with Crippen molar-refractivity contribution in [1.82, 2.24) is 20.1 Å². The summed E-state index contributed by atoms with van der Waals surface area (Å²) >= 11 is 25.3. The third-order valence-corrected chi connectivity index (χ3v) is 6.86. The van der Waals surface area contributed by atoms with Gasteiger partial charge in [-0.2, -0.15) is 0 Å². The number of thioether (sulfide) groups is 1. The zero-order valence-electron chi connectivity index (χ0n) is 17.5. The van der Waals surface area contributed by atoms with E-state index in [-0.39, 0.29) is 27.6 Å². The molecule has 3 aromatic rings. The fraction of sp³-hybridized carbons (Fsp3) is 0.238. The Morgan fingerprint density at radius 2 is 1.85 bits per heavy atom. The van der Waals surface area contributed by atoms with Gasteiger partial charge >= 0.3 is 0 Å². The lowest BCUT2D eigenvalue weighted by molar-refractivity contribution is -0.113. The van der Waals surface area contributed by atoms with Gasteiger partial charge in [0.1, 0.15) is 0 Å². The zero-order valence-corrected chi connectivity index (χ0v) is 21.4. The van der Waals surface area contributed by atoms with Crippen molar-refractivity contribution in [2.24, 2.45) is 0 Å². The molecule has 0 bridgehead atoms. The summed E-state index contributed by atoms with van der Waals surface area (Å²) in [7, 11) is 0. The number of hydrogen-bond donors (Lipinski definition) is 2. The molecule has 3 rings (SSSR count). The number of halogens is 4. The van der Waals surface area contributed by atoms with E-state index < -0.39 is 6.04 Å². The van der Waals surface area contributed by atoms with Crippen molar-refractivity contribution in [2.45, 2.75) is 31.6 Å². The molecule has 0 saturated heterocycles. The van der Waals surface area contributed by atoms with Crippen LogP contribution in [0.25, 0.3) is 0 Å². The van der Waals surface area contributed by atoms with E-state index in [1.165, 1.54) is 17.8 Å². The van der Waals surface area contributed by atoms with Crippen molar-refractivity contribution in [3.8, 4) is 0 Å². The number of carbonyl (C=O) groups excluding carboxylic acids is 2. The number of nitrogens with one attached hydrogen (secondary N) is 2. The molecule has 12 heteroatoms. The Labute approximate surface area is 215 Å². The van der Waals surface area contributed by atoms with Crippen molar-refractivity contribution in [2.75, 3.05) is 11.1 Å². The summed E-state index contributed by atoms with van der Waals surface area (Å²) in [6.45, 7) is 4.27. The van der Waals surface area contributed by atoms with Crippen LogP contribution in [0, 0.1) is 0 Å². The number of aromatic nitrogens is 3. The molecule has 0 fully saturated rings. The monoisotopic (exact) mass is 545 g/mol. The fourth-order valence-corrected chi connectivity index (χ4v) is 4.61. The van der Waals surface area contributed by atoms with Gasteiger partial charge < -0.3 is 15.2 Å². The first kappa shape index (κ1) is 25.6. The molecular formula is C21H19Cl4N5O2S. The van der Waals surface area contributed by atoms with Gasteiger partial charge in [0.2, 0.25) is 5.91 Å². The second-order valence-electron chi connectivity index (χ2n) is 6.84. The van der Waals surface area contributed by atoms with E-state index in [4.69, 9.17) is 46.4 Å². The van der Waals surface area contributed by atoms with E-state index in [2.05, 4.69) is 20.8 Å². The topological polar surface area (TPSA) is 88.9 Å². The first-order chi connectivity index (χ1) is 15.7.